The Morgan fingerprint density at radius 1 is 1.20 bits per heavy atom. The molecule has 0 radical (unpaired) electrons. The molecule has 0 fully saturated rings. The molecule has 0 saturated heterocycles. The van der Waals surface area contributed by atoms with Gasteiger partial charge in [-0.15, -0.1) is 0 Å². The molecule has 0 amide bonds. The molecule has 0 aliphatic carbocycles. The van der Waals surface area contributed by atoms with E-state index in [-0.39, 0.29) is 5.56 Å². The maximum absolute atomic E-state index is 11.7. The van der Waals surface area contributed by atoms with Crippen LogP contribution in [0, 0.1) is 6.92 Å². The molecule has 1 N–H and O–H groups in total. The minimum Gasteiger partial charge on any atom is -0.478 e. The summed E-state index contributed by atoms with van der Waals surface area (Å²) in [6.07, 6.45) is 1.08. The van der Waals surface area contributed by atoms with Crippen molar-refractivity contribution < 1.29 is 9.90 Å². The van der Waals surface area contributed by atoms with Crippen LogP contribution in [0.4, 0.5) is 0 Å². The SMILES string of the molecule is CC[C@H](C)c1ccc(-c2cc(C(=O)O)c3ccc(Cl)c(C)c3n2)cc1. The monoisotopic (exact) mass is 353 g/mol. The summed E-state index contributed by atoms with van der Waals surface area (Å²) in [5.74, 6) is -0.471. The summed E-state index contributed by atoms with van der Waals surface area (Å²) in [6, 6.07) is 13.2. The van der Waals surface area contributed by atoms with E-state index >= 15 is 0 Å². The average molecular weight is 354 g/mol. The van der Waals surface area contributed by atoms with Gasteiger partial charge in [-0.25, -0.2) is 9.78 Å². The second-order valence-corrected chi connectivity index (χ2v) is 6.77. The van der Waals surface area contributed by atoms with Crippen LogP contribution in [0.2, 0.25) is 5.02 Å². The maximum atomic E-state index is 11.7. The third kappa shape index (κ3) is 3.24. The number of aromatic nitrogens is 1. The predicted octanol–water partition coefficient (Wildman–Crippen LogP) is 6.08. The van der Waals surface area contributed by atoms with E-state index < -0.39 is 5.97 Å². The number of halogens is 1. The first-order valence-corrected chi connectivity index (χ1v) is 8.73. The Morgan fingerprint density at radius 3 is 2.48 bits per heavy atom. The van der Waals surface area contributed by atoms with E-state index in [1.165, 1.54) is 5.56 Å². The first-order chi connectivity index (χ1) is 11.9. The average Bonchev–Trinajstić information content (AvgIpc) is 2.63. The van der Waals surface area contributed by atoms with Crippen LogP contribution in [0.25, 0.3) is 22.2 Å². The van der Waals surface area contributed by atoms with Crippen molar-refractivity contribution in [2.75, 3.05) is 0 Å². The van der Waals surface area contributed by atoms with Gasteiger partial charge in [0.05, 0.1) is 16.8 Å². The van der Waals surface area contributed by atoms with Crippen molar-refractivity contribution in [3.05, 3.63) is 64.2 Å². The number of carboxylic acids is 1. The number of aromatic carboxylic acids is 1. The quantitative estimate of drug-likeness (QED) is 0.618. The second-order valence-electron chi connectivity index (χ2n) is 6.36. The fraction of sp³-hybridized carbons (Fsp3) is 0.238. The standard InChI is InChI=1S/C21H20ClNO2/c1-4-12(2)14-5-7-15(8-6-14)19-11-17(21(24)25)16-9-10-18(22)13(3)20(16)23-19/h5-12H,4H2,1-3H3,(H,24,25)/t12-/m0/s1. The van der Waals surface area contributed by atoms with Crippen molar-refractivity contribution >= 4 is 28.5 Å². The highest BCUT2D eigenvalue weighted by molar-refractivity contribution is 6.32. The maximum Gasteiger partial charge on any atom is 0.336 e. The van der Waals surface area contributed by atoms with E-state index in [0.717, 1.165) is 17.5 Å². The molecule has 2 aromatic carbocycles. The van der Waals surface area contributed by atoms with E-state index in [1.54, 1.807) is 18.2 Å². The van der Waals surface area contributed by atoms with Crippen LogP contribution in [0.3, 0.4) is 0 Å². The number of rotatable bonds is 4. The molecule has 0 unspecified atom stereocenters. The van der Waals surface area contributed by atoms with Gasteiger partial charge in [0.25, 0.3) is 0 Å². The summed E-state index contributed by atoms with van der Waals surface area (Å²) in [5, 5.41) is 10.8. The number of pyridine rings is 1. The lowest BCUT2D eigenvalue weighted by Gasteiger charge is -2.12. The van der Waals surface area contributed by atoms with Crippen molar-refractivity contribution in [1.29, 1.82) is 0 Å². The van der Waals surface area contributed by atoms with E-state index in [0.29, 0.717) is 27.5 Å². The molecule has 3 nitrogen and oxygen atoms in total. The predicted molar refractivity (Wildman–Crippen MR) is 103 cm³/mol. The molecule has 1 aromatic heterocycles. The fourth-order valence-corrected chi connectivity index (χ4v) is 3.10. The molecule has 4 heteroatoms. The van der Waals surface area contributed by atoms with Crippen LogP contribution in [-0.4, -0.2) is 16.1 Å². The first-order valence-electron chi connectivity index (χ1n) is 8.35. The third-order valence-electron chi connectivity index (χ3n) is 4.79. The number of hydrogen-bond acceptors (Lipinski definition) is 2. The van der Waals surface area contributed by atoms with Crippen LogP contribution in [0.15, 0.2) is 42.5 Å². The van der Waals surface area contributed by atoms with Crippen LogP contribution < -0.4 is 0 Å². The van der Waals surface area contributed by atoms with Crippen molar-refractivity contribution in [2.45, 2.75) is 33.1 Å². The molecule has 128 valence electrons. The summed E-state index contributed by atoms with van der Waals surface area (Å²) in [6.45, 7) is 6.21. The molecule has 0 aliphatic heterocycles. The zero-order valence-corrected chi connectivity index (χ0v) is 15.3. The lowest BCUT2D eigenvalue weighted by Crippen LogP contribution is -2.01. The third-order valence-corrected chi connectivity index (χ3v) is 5.20. The van der Waals surface area contributed by atoms with Gasteiger partial charge in [0, 0.05) is 16.0 Å². The molecular formula is C21H20ClNO2. The van der Waals surface area contributed by atoms with E-state index in [2.05, 4.69) is 26.0 Å². The van der Waals surface area contributed by atoms with Crippen LogP contribution in [0.5, 0.6) is 0 Å². The van der Waals surface area contributed by atoms with Crippen molar-refractivity contribution in [2.24, 2.45) is 0 Å². The van der Waals surface area contributed by atoms with E-state index in [1.807, 2.05) is 19.1 Å². The molecule has 0 spiro atoms. The summed E-state index contributed by atoms with van der Waals surface area (Å²) in [5.41, 5.74) is 4.48. The van der Waals surface area contributed by atoms with Crippen LogP contribution in [0.1, 0.15) is 47.7 Å². The minimum atomic E-state index is -0.966. The fourth-order valence-electron chi connectivity index (χ4n) is 2.95. The summed E-state index contributed by atoms with van der Waals surface area (Å²) < 4.78 is 0. The van der Waals surface area contributed by atoms with Gasteiger partial charge in [0.2, 0.25) is 0 Å². The van der Waals surface area contributed by atoms with Crippen LogP contribution in [-0.2, 0) is 0 Å². The van der Waals surface area contributed by atoms with Crippen molar-refractivity contribution in [1.82, 2.24) is 4.98 Å². The molecule has 0 aliphatic rings. The molecule has 0 bridgehead atoms. The van der Waals surface area contributed by atoms with Crippen molar-refractivity contribution in [3.8, 4) is 11.3 Å². The molecule has 3 aromatic rings. The minimum absolute atomic E-state index is 0.241. The van der Waals surface area contributed by atoms with E-state index in [9.17, 15) is 9.90 Å². The van der Waals surface area contributed by atoms with Crippen molar-refractivity contribution in [3.63, 3.8) is 0 Å². The zero-order chi connectivity index (χ0) is 18.1. The van der Waals surface area contributed by atoms with Gasteiger partial charge in [0.15, 0.2) is 0 Å². The zero-order valence-electron chi connectivity index (χ0n) is 14.5. The topological polar surface area (TPSA) is 50.2 Å². The Morgan fingerprint density at radius 2 is 1.88 bits per heavy atom. The van der Waals surface area contributed by atoms with Gasteiger partial charge in [0.1, 0.15) is 0 Å². The lowest BCUT2D eigenvalue weighted by molar-refractivity contribution is 0.0699. The summed E-state index contributed by atoms with van der Waals surface area (Å²) in [4.78, 5) is 16.4. The molecular weight excluding hydrogens is 334 g/mol. The number of carboxylic acid groups (broad SMARTS) is 1. The summed E-state index contributed by atoms with van der Waals surface area (Å²) >= 11 is 6.20. The Hall–Kier alpha value is -2.39. The highest BCUT2D eigenvalue weighted by Crippen LogP contribution is 2.31. The number of fused-ring (bicyclic) bond motifs is 1. The molecule has 1 atom stereocenters. The second kappa shape index (κ2) is 6.85. The van der Waals surface area contributed by atoms with Gasteiger partial charge < -0.3 is 5.11 Å². The van der Waals surface area contributed by atoms with Crippen LogP contribution >= 0.6 is 11.6 Å². The number of hydrogen-bond donors (Lipinski definition) is 1. The molecule has 25 heavy (non-hydrogen) atoms. The Labute approximate surface area is 152 Å². The van der Waals surface area contributed by atoms with Gasteiger partial charge in [-0.3, -0.25) is 0 Å². The van der Waals surface area contributed by atoms with Gasteiger partial charge >= 0.3 is 5.97 Å². The number of aryl methyl sites for hydroxylation is 1. The smallest absolute Gasteiger partial charge is 0.336 e. The van der Waals surface area contributed by atoms with E-state index in [4.69, 9.17) is 16.6 Å². The molecule has 0 saturated carbocycles. The first kappa shape index (κ1) is 17.4. The Balaban J connectivity index is 2.19. The highest BCUT2D eigenvalue weighted by Gasteiger charge is 2.15. The molecule has 1 heterocycles. The molecule has 3 rings (SSSR count). The van der Waals surface area contributed by atoms with Gasteiger partial charge in [-0.1, -0.05) is 55.8 Å². The normalized spacial score (nSPS) is 12.3. The highest BCUT2D eigenvalue weighted by atomic mass is 35.5. The Bertz CT molecular complexity index is 948. The summed E-state index contributed by atoms with van der Waals surface area (Å²) in [7, 11) is 0. The number of carbonyl (C=O) groups is 1. The van der Waals surface area contributed by atoms with Gasteiger partial charge in [-0.2, -0.15) is 0 Å². The van der Waals surface area contributed by atoms with Gasteiger partial charge in [-0.05, 0) is 42.5 Å². The number of nitrogens with zero attached hydrogens (tertiary/aromatic N) is 1. The Kier molecular flexibility index (Phi) is 4.78. The number of benzene rings is 2. The lowest BCUT2D eigenvalue weighted by atomic mass is 9.96. The largest absolute Gasteiger partial charge is 0.478 e.